The number of allylic oxidation sites excluding steroid dienone is 1. The average Bonchev–Trinajstić information content (AvgIpc) is 2.99. The summed E-state index contributed by atoms with van der Waals surface area (Å²) >= 11 is 0. The van der Waals surface area contributed by atoms with Crippen LogP contribution in [-0.4, -0.2) is 64.3 Å². The predicted octanol–water partition coefficient (Wildman–Crippen LogP) is 2.37. The second-order valence-corrected chi connectivity index (χ2v) is 8.13. The van der Waals surface area contributed by atoms with E-state index in [2.05, 4.69) is 9.89 Å². The van der Waals surface area contributed by atoms with Crippen molar-refractivity contribution in [1.82, 2.24) is 9.80 Å². The van der Waals surface area contributed by atoms with Gasteiger partial charge in [-0.05, 0) is 43.5 Å². The van der Waals surface area contributed by atoms with Gasteiger partial charge in [0.05, 0.1) is 4.92 Å². The van der Waals surface area contributed by atoms with E-state index in [0.29, 0.717) is 12.1 Å². The number of nitrogens with zero attached hydrogens (tertiary/aromatic N) is 4. The molecule has 4 rings (SSSR count). The predicted molar refractivity (Wildman–Crippen MR) is 108 cm³/mol. The van der Waals surface area contributed by atoms with Crippen molar-refractivity contribution in [2.45, 2.75) is 51.0 Å². The van der Waals surface area contributed by atoms with E-state index in [0.717, 1.165) is 38.0 Å². The molecule has 3 aliphatic heterocycles. The van der Waals surface area contributed by atoms with Gasteiger partial charge in [-0.25, -0.2) is 9.38 Å². The number of fused-ring (bicyclic) bond motifs is 2. The van der Waals surface area contributed by atoms with Crippen LogP contribution in [0.1, 0.15) is 31.7 Å². The number of halogens is 1. The fourth-order valence-corrected chi connectivity index (χ4v) is 4.56. The Hall–Kier alpha value is -2.81. The van der Waals surface area contributed by atoms with Crippen molar-refractivity contribution in [1.29, 1.82) is 0 Å². The van der Waals surface area contributed by atoms with Gasteiger partial charge in [0, 0.05) is 43.9 Å². The number of dihydropyridines is 1. The Labute approximate surface area is 174 Å². The van der Waals surface area contributed by atoms with Crippen LogP contribution >= 0.6 is 0 Å². The summed E-state index contributed by atoms with van der Waals surface area (Å²) in [6, 6.07) is 6.71. The lowest BCUT2D eigenvalue weighted by Gasteiger charge is -2.41. The van der Waals surface area contributed by atoms with E-state index in [-0.39, 0.29) is 36.2 Å². The summed E-state index contributed by atoms with van der Waals surface area (Å²) in [5, 5.41) is 11.2. The van der Waals surface area contributed by atoms with Gasteiger partial charge in [0.1, 0.15) is 5.82 Å². The molecule has 9 heteroatoms. The third kappa shape index (κ3) is 4.35. The summed E-state index contributed by atoms with van der Waals surface area (Å²) in [4.78, 5) is 31.8. The zero-order chi connectivity index (χ0) is 21.3. The number of ether oxygens (including phenoxy) is 1. The summed E-state index contributed by atoms with van der Waals surface area (Å²) in [6.07, 6.45) is 2.72. The lowest BCUT2D eigenvalue weighted by molar-refractivity contribution is -0.515. The maximum Gasteiger partial charge on any atom is 0.360 e. The molecule has 2 bridgehead atoms. The summed E-state index contributed by atoms with van der Waals surface area (Å²) in [5.41, 5.74) is 1.72. The highest BCUT2D eigenvalue weighted by Crippen LogP contribution is 2.31. The largest absolute Gasteiger partial charge is 0.479 e. The number of carbonyl (C=O) groups excluding carboxylic acids is 1. The van der Waals surface area contributed by atoms with E-state index in [1.54, 1.807) is 25.1 Å². The van der Waals surface area contributed by atoms with Gasteiger partial charge in [-0.3, -0.25) is 19.8 Å². The van der Waals surface area contributed by atoms with Gasteiger partial charge < -0.3 is 9.64 Å². The molecule has 0 radical (unpaired) electrons. The second-order valence-electron chi connectivity index (χ2n) is 8.13. The fourth-order valence-electron chi connectivity index (χ4n) is 4.56. The third-order valence-electron chi connectivity index (χ3n) is 5.92. The van der Waals surface area contributed by atoms with Gasteiger partial charge in [-0.2, -0.15) is 0 Å². The number of carbonyl (C=O) groups is 1. The summed E-state index contributed by atoms with van der Waals surface area (Å²) < 4.78 is 18.7. The highest BCUT2D eigenvalue weighted by molar-refractivity contribution is 5.84. The SMILES string of the molecule is CC1=NC([N+](=O)[O-])C(OCC(=O)N2C3CCC2CN(Cc2ccc(F)cc2)C3)=CC1. The average molecular weight is 416 g/mol. The first-order valence-electron chi connectivity index (χ1n) is 10.2. The van der Waals surface area contributed by atoms with Crippen LogP contribution in [0, 0.1) is 15.9 Å². The fraction of sp³-hybridized carbons (Fsp3) is 0.524. The number of benzene rings is 1. The zero-order valence-corrected chi connectivity index (χ0v) is 16.9. The van der Waals surface area contributed by atoms with E-state index in [1.807, 2.05) is 4.90 Å². The Kier molecular flexibility index (Phi) is 5.80. The van der Waals surface area contributed by atoms with E-state index in [4.69, 9.17) is 4.74 Å². The molecule has 160 valence electrons. The molecule has 0 aliphatic carbocycles. The topological polar surface area (TPSA) is 88.3 Å². The first-order chi connectivity index (χ1) is 14.4. The molecule has 0 N–H and O–H groups in total. The van der Waals surface area contributed by atoms with Crippen molar-refractivity contribution in [2.75, 3.05) is 19.7 Å². The molecule has 3 unspecified atom stereocenters. The quantitative estimate of drug-likeness (QED) is 0.525. The van der Waals surface area contributed by atoms with Crippen LogP contribution in [0.3, 0.4) is 0 Å². The minimum atomic E-state index is -1.27. The molecule has 1 aromatic rings. The van der Waals surface area contributed by atoms with Crippen LogP contribution in [-0.2, 0) is 16.1 Å². The molecule has 30 heavy (non-hydrogen) atoms. The Morgan fingerprint density at radius 2 is 1.93 bits per heavy atom. The first-order valence-corrected chi connectivity index (χ1v) is 10.2. The van der Waals surface area contributed by atoms with E-state index < -0.39 is 11.1 Å². The lowest BCUT2D eigenvalue weighted by atomic mass is 10.1. The Balaban J connectivity index is 1.33. The molecule has 0 spiro atoms. The van der Waals surface area contributed by atoms with Crippen LogP contribution in [0.25, 0.3) is 0 Å². The number of hydrogen-bond donors (Lipinski definition) is 0. The van der Waals surface area contributed by atoms with E-state index >= 15 is 0 Å². The number of aliphatic imine (C=N–C) groups is 1. The molecule has 8 nitrogen and oxygen atoms in total. The van der Waals surface area contributed by atoms with Crippen LogP contribution in [0.5, 0.6) is 0 Å². The smallest absolute Gasteiger partial charge is 0.360 e. The standard InChI is InChI=1S/C21H25FN4O4/c1-14-2-9-19(21(23-14)26(28)29)30-13-20(27)25-17-7-8-18(25)12-24(11-17)10-15-3-5-16(22)6-4-15/h3-6,9,17-18,21H,2,7-8,10-13H2,1H3. The molecule has 1 aromatic carbocycles. The number of hydrogen-bond acceptors (Lipinski definition) is 6. The highest BCUT2D eigenvalue weighted by Gasteiger charge is 2.42. The zero-order valence-electron chi connectivity index (χ0n) is 16.9. The molecule has 1 amide bonds. The number of piperazine rings is 1. The normalized spacial score (nSPS) is 26.2. The van der Waals surface area contributed by atoms with Crippen molar-refractivity contribution in [3.63, 3.8) is 0 Å². The van der Waals surface area contributed by atoms with Crippen molar-refractivity contribution in [3.8, 4) is 0 Å². The molecule has 2 saturated heterocycles. The van der Waals surface area contributed by atoms with Crippen molar-refractivity contribution in [3.05, 3.63) is 57.6 Å². The van der Waals surface area contributed by atoms with Gasteiger partial charge >= 0.3 is 6.17 Å². The summed E-state index contributed by atoms with van der Waals surface area (Å²) in [5.74, 6) is -0.248. The summed E-state index contributed by atoms with van der Waals surface area (Å²) in [6.45, 7) is 3.75. The number of likely N-dealkylation sites (tertiary alicyclic amines) is 1. The van der Waals surface area contributed by atoms with Crippen LogP contribution in [0.15, 0.2) is 41.1 Å². The number of nitro groups is 1. The van der Waals surface area contributed by atoms with Gasteiger partial charge in [0.2, 0.25) is 0 Å². The highest BCUT2D eigenvalue weighted by atomic mass is 19.1. The molecular weight excluding hydrogens is 391 g/mol. The minimum absolute atomic E-state index is 0.104. The van der Waals surface area contributed by atoms with Crippen molar-refractivity contribution in [2.24, 2.45) is 4.99 Å². The molecule has 0 aromatic heterocycles. The summed E-state index contributed by atoms with van der Waals surface area (Å²) in [7, 11) is 0. The van der Waals surface area contributed by atoms with Crippen LogP contribution in [0.2, 0.25) is 0 Å². The van der Waals surface area contributed by atoms with Gasteiger partial charge in [-0.15, -0.1) is 0 Å². The van der Waals surface area contributed by atoms with Gasteiger partial charge in [-0.1, -0.05) is 12.1 Å². The molecule has 0 saturated carbocycles. The molecule has 3 aliphatic rings. The molecule has 3 heterocycles. The van der Waals surface area contributed by atoms with E-state index in [9.17, 15) is 19.3 Å². The Bertz CT molecular complexity index is 871. The lowest BCUT2D eigenvalue weighted by Crippen LogP contribution is -2.56. The molecular formula is C21H25FN4O4. The first kappa shape index (κ1) is 20.5. The van der Waals surface area contributed by atoms with Crippen LogP contribution in [0.4, 0.5) is 4.39 Å². The van der Waals surface area contributed by atoms with Crippen LogP contribution < -0.4 is 0 Å². The third-order valence-corrected chi connectivity index (χ3v) is 5.92. The maximum absolute atomic E-state index is 13.1. The number of amides is 1. The van der Waals surface area contributed by atoms with Crippen molar-refractivity contribution >= 4 is 11.6 Å². The van der Waals surface area contributed by atoms with Gasteiger partial charge in [0.25, 0.3) is 5.91 Å². The molecule has 3 atom stereocenters. The second kappa shape index (κ2) is 8.51. The molecule has 2 fully saturated rings. The Morgan fingerprint density at radius 3 is 2.57 bits per heavy atom. The maximum atomic E-state index is 13.1. The van der Waals surface area contributed by atoms with Gasteiger partial charge in [0.15, 0.2) is 12.4 Å². The monoisotopic (exact) mass is 416 g/mol. The number of rotatable bonds is 6. The van der Waals surface area contributed by atoms with Crippen molar-refractivity contribution < 1.29 is 18.8 Å². The minimum Gasteiger partial charge on any atom is -0.479 e. The Morgan fingerprint density at radius 1 is 1.27 bits per heavy atom. The van der Waals surface area contributed by atoms with E-state index in [1.165, 1.54) is 12.1 Å².